The van der Waals surface area contributed by atoms with Gasteiger partial charge in [-0.05, 0) is 22.9 Å². The van der Waals surface area contributed by atoms with E-state index in [1.54, 1.807) is 49.2 Å². The Balaban J connectivity index is 1.92. The molecule has 2 rings (SSSR count). The van der Waals surface area contributed by atoms with Gasteiger partial charge in [0.25, 0.3) is 0 Å². The third-order valence-corrected chi connectivity index (χ3v) is 3.97. The van der Waals surface area contributed by atoms with Crippen LogP contribution in [0.15, 0.2) is 45.2 Å². The Labute approximate surface area is 125 Å². The van der Waals surface area contributed by atoms with Gasteiger partial charge in [0.1, 0.15) is 0 Å². The molecule has 0 aliphatic rings. The first-order valence-electron chi connectivity index (χ1n) is 5.83. The van der Waals surface area contributed by atoms with Gasteiger partial charge < -0.3 is 0 Å². The quantitative estimate of drug-likeness (QED) is 0.632. The summed E-state index contributed by atoms with van der Waals surface area (Å²) in [6.07, 6.45) is 3.30. The highest BCUT2D eigenvalue weighted by Gasteiger charge is 2.11. The summed E-state index contributed by atoms with van der Waals surface area (Å²) in [6, 6.07) is 7.44. The smallest absolute Gasteiger partial charge is 0.244 e. The Morgan fingerprint density at radius 1 is 1.00 bits per heavy atom. The molecule has 0 radical (unpaired) electrons. The highest BCUT2D eigenvalue weighted by atomic mass is 32.1. The molecule has 0 atom stereocenters. The molecule has 2 heterocycles. The highest BCUT2D eigenvalue weighted by molar-refractivity contribution is 7.12. The molecule has 0 aliphatic heterocycles. The molecular formula is C13H14N4OS2. The van der Waals surface area contributed by atoms with Crippen molar-refractivity contribution >= 4 is 41.1 Å². The van der Waals surface area contributed by atoms with Crippen molar-refractivity contribution in [3.8, 4) is 0 Å². The first-order chi connectivity index (χ1) is 9.66. The molecule has 5 nitrogen and oxygen atoms in total. The number of urea groups is 1. The minimum Gasteiger partial charge on any atom is -0.244 e. The number of hydrogen-bond acceptors (Lipinski definition) is 5. The van der Waals surface area contributed by atoms with Crippen LogP contribution in [0.5, 0.6) is 0 Å². The fourth-order valence-electron chi connectivity index (χ4n) is 1.32. The number of carbonyl (C=O) groups is 1. The maximum absolute atomic E-state index is 12.0. The van der Waals surface area contributed by atoms with Gasteiger partial charge in [0, 0.05) is 23.8 Å². The average Bonchev–Trinajstić information content (AvgIpc) is 3.14. The molecule has 0 fully saturated rings. The highest BCUT2D eigenvalue weighted by Crippen LogP contribution is 2.07. The minimum atomic E-state index is -0.300. The van der Waals surface area contributed by atoms with Gasteiger partial charge in [0.05, 0.1) is 12.4 Å². The molecule has 0 bridgehead atoms. The van der Waals surface area contributed by atoms with Crippen LogP contribution in [0.25, 0.3) is 0 Å². The van der Waals surface area contributed by atoms with Crippen LogP contribution in [0.2, 0.25) is 0 Å². The van der Waals surface area contributed by atoms with Gasteiger partial charge in [-0.15, -0.1) is 22.7 Å². The van der Waals surface area contributed by atoms with E-state index in [1.807, 2.05) is 35.0 Å². The van der Waals surface area contributed by atoms with Gasteiger partial charge in [-0.2, -0.15) is 10.2 Å². The molecule has 0 saturated heterocycles. The van der Waals surface area contributed by atoms with Crippen molar-refractivity contribution < 1.29 is 4.79 Å². The SMILES string of the molecule is CN(/N=C/c1cccs1)C(=O)N(C)/N=C/c1cccs1. The van der Waals surface area contributed by atoms with E-state index in [9.17, 15) is 4.79 Å². The Morgan fingerprint density at radius 2 is 1.45 bits per heavy atom. The van der Waals surface area contributed by atoms with E-state index in [0.29, 0.717) is 0 Å². The second kappa shape index (κ2) is 6.97. The van der Waals surface area contributed by atoms with E-state index in [0.717, 1.165) is 9.75 Å². The molecule has 0 aliphatic carbocycles. The second-order valence-corrected chi connectivity index (χ2v) is 5.81. The Bertz CT molecular complexity index is 538. The predicted octanol–water partition coefficient (Wildman–Crippen LogP) is 3.16. The zero-order chi connectivity index (χ0) is 14.4. The molecular weight excluding hydrogens is 292 g/mol. The van der Waals surface area contributed by atoms with Gasteiger partial charge in [-0.1, -0.05) is 12.1 Å². The molecule has 0 saturated carbocycles. The molecule has 104 valence electrons. The van der Waals surface area contributed by atoms with Gasteiger partial charge in [-0.3, -0.25) is 0 Å². The number of amides is 2. The largest absolute Gasteiger partial charge is 0.360 e. The van der Waals surface area contributed by atoms with Crippen molar-refractivity contribution in [3.63, 3.8) is 0 Å². The third-order valence-electron chi connectivity index (χ3n) is 2.36. The van der Waals surface area contributed by atoms with Crippen molar-refractivity contribution in [2.45, 2.75) is 0 Å². The van der Waals surface area contributed by atoms with E-state index in [-0.39, 0.29) is 6.03 Å². The Hall–Kier alpha value is -1.99. The Kier molecular flexibility index (Phi) is 5.03. The molecule has 0 unspecified atom stereocenters. The number of thiophene rings is 2. The van der Waals surface area contributed by atoms with Crippen LogP contribution in [0.4, 0.5) is 4.79 Å². The van der Waals surface area contributed by atoms with Crippen molar-refractivity contribution in [2.24, 2.45) is 10.2 Å². The van der Waals surface area contributed by atoms with Gasteiger partial charge >= 0.3 is 6.03 Å². The van der Waals surface area contributed by atoms with E-state index in [1.165, 1.54) is 10.0 Å². The summed E-state index contributed by atoms with van der Waals surface area (Å²) < 4.78 is 0. The maximum atomic E-state index is 12.0. The van der Waals surface area contributed by atoms with Crippen molar-refractivity contribution in [3.05, 3.63) is 44.8 Å². The molecule has 0 aromatic carbocycles. The van der Waals surface area contributed by atoms with Crippen LogP contribution in [0.3, 0.4) is 0 Å². The summed E-state index contributed by atoms with van der Waals surface area (Å²) in [5.41, 5.74) is 0. The molecule has 7 heteroatoms. The third kappa shape index (κ3) is 4.01. The van der Waals surface area contributed by atoms with Gasteiger partial charge in [0.2, 0.25) is 0 Å². The van der Waals surface area contributed by atoms with E-state index >= 15 is 0 Å². The van der Waals surface area contributed by atoms with E-state index < -0.39 is 0 Å². The first kappa shape index (κ1) is 14.4. The van der Waals surface area contributed by atoms with Crippen molar-refractivity contribution in [1.82, 2.24) is 10.0 Å². The number of hydrazone groups is 2. The summed E-state index contributed by atoms with van der Waals surface area (Å²) >= 11 is 3.13. The number of carbonyl (C=O) groups excluding carboxylic acids is 1. The summed E-state index contributed by atoms with van der Waals surface area (Å²) in [6.45, 7) is 0. The van der Waals surface area contributed by atoms with Crippen LogP contribution in [0.1, 0.15) is 9.75 Å². The lowest BCUT2D eigenvalue weighted by Gasteiger charge is -2.16. The van der Waals surface area contributed by atoms with Crippen LogP contribution in [0, 0.1) is 0 Å². The molecule has 0 N–H and O–H groups in total. The second-order valence-electron chi connectivity index (χ2n) is 3.85. The number of hydrogen-bond donors (Lipinski definition) is 0. The van der Waals surface area contributed by atoms with Crippen LogP contribution >= 0.6 is 22.7 Å². The zero-order valence-corrected chi connectivity index (χ0v) is 12.8. The molecule has 2 aromatic heterocycles. The van der Waals surface area contributed by atoms with Crippen molar-refractivity contribution in [1.29, 1.82) is 0 Å². The van der Waals surface area contributed by atoms with Gasteiger partial charge in [0.15, 0.2) is 0 Å². The lowest BCUT2D eigenvalue weighted by Crippen LogP contribution is -2.32. The first-order valence-corrected chi connectivity index (χ1v) is 7.59. The average molecular weight is 306 g/mol. The summed E-state index contributed by atoms with van der Waals surface area (Å²) in [7, 11) is 3.20. The molecule has 0 spiro atoms. The topological polar surface area (TPSA) is 48.3 Å². The fraction of sp³-hybridized carbons (Fsp3) is 0.154. The van der Waals surface area contributed by atoms with Gasteiger partial charge in [-0.25, -0.2) is 14.8 Å². The standard InChI is InChI=1S/C13H14N4OS2/c1-16(14-9-11-5-3-7-19-11)13(18)17(2)15-10-12-6-4-8-20-12/h3-10H,1-2H3/b14-9+,15-10+. The van der Waals surface area contributed by atoms with Crippen LogP contribution in [-0.2, 0) is 0 Å². The predicted molar refractivity (Wildman–Crippen MR) is 84.7 cm³/mol. The normalized spacial score (nSPS) is 11.3. The summed E-state index contributed by atoms with van der Waals surface area (Å²) in [5, 5.41) is 14.6. The van der Waals surface area contributed by atoms with Crippen LogP contribution in [-0.4, -0.2) is 42.6 Å². The molecule has 2 aromatic rings. The lowest BCUT2D eigenvalue weighted by molar-refractivity contribution is 0.177. The number of rotatable bonds is 4. The maximum Gasteiger partial charge on any atom is 0.360 e. The van der Waals surface area contributed by atoms with E-state index in [2.05, 4.69) is 10.2 Å². The summed E-state index contributed by atoms with van der Waals surface area (Å²) in [4.78, 5) is 14.0. The van der Waals surface area contributed by atoms with Crippen molar-refractivity contribution in [2.75, 3.05) is 14.1 Å². The van der Waals surface area contributed by atoms with E-state index in [4.69, 9.17) is 0 Å². The summed E-state index contributed by atoms with van der Waals surface area (Å²) in [5.74, 6) is 0. The minimum absolute atomic E-state index is 0.300. The molecule has 2 amide bonds. The lowest BCUT2D eigenvalue weighted by atomic mass is 10.5. The molecule has 20 heavy (non-hydrogen) atoms. The zero-order valence-electron chi connectivity index (χ0n) is 11.1. The fourth-order valence-corrected chi connectivity index (χ4v) is 2.48. The Morgan fingerprint density at radius 3 is 1.80 bits per heavy atom. The number of nitrogens with zero attached hydrogens (tertiary/aromatic N) is 4. The van der Waals surface area contributed by atoms with Crippen LogP contribution < -0.4 is 0 Å². The monoisotopic (exact) mass is 306 g/mol.